The Kier molecular flexibility index (Phi) is 5.51. The molecule has 1 aliphatic heterocycles. The number of guanidine groups is 1. The molecule has 5 nitrogen and oxygen atoms in total. The van der Waals surface area contributed by atoms with Gasteiger partial charge >= 0.3 is 0 Å². The molecule has 26 heavy (non-hydrogen) atoms. The van der Waals surface area contributed by atoms with E-state index in [0.29, 0.717) is 12.5 Å². The van der Waals surface area contributed by atoms with Crippen LogP contribution in [0.2, 0.25) is 0 Å². The minimum Gasteiger partial charge on any atom is -0.487 e. The van der Waals surface area contributed by atoms with Crippen molar-refractivity contribution in [1.82, 2.24) is 15.6 Å². The topological polar surface area (TPSA) is 58.5 Å². The zero-order valence-electron chi connectivity index (χ0n) is 16.2. The Hall–Kier alpha value is -2.08. The molecule has 0 spiro atoms. The van der Waals surface area contributed by atoms with Crippen LogP contribution in [0.5, 0.6) is 5.75 Å². The highest BCUT2D eigenvalue weighted by Crippen LogP contribution is 2.39. The van der Waals surface area contributed by atoms with Crippen LogP contribution >= 0.6 is 11.3 Å². The van der Waals surface area contributed by atoms with Gasteiger partial charge < -0.3 is 15.4 Å². The van der Waals surface area contributed by atoms with E-state index < -0.39 is 0 Å². The summed E-state index contributed by atoms with van der Waals surface area (Å²) in [6.07, 6.45) is 0.874. The van der Waals surface area contributed by atoms with Crippen LogP contribution in [0.4, 0.5) is 0 Å². The van der Waals surface area contributed by atoms with Gasteiger partial charge in [0.25, 0.3) is 0 Å². The molecule has 0 radical (unpaired) electrons. The normalized spacial score (nSPS) is 19.0. The molecule has 0 fully saturated rings. The van der Waals surface area contributed by atoms with Crippen molar-refractivity contribution < 1.29 is 4.74 Å². The Labute approximate surface area is 159 Å². The standard InChI is InChI=1S/C20H28N4OS/c1-13(2)18-23-14(12-26-18)11-22-19(21-5)24-16-10-20(3,4)25-17-9-7-6-8-15(16)17/h6-9,12-13,16H,10-11H2,1-5H3,(H2,21,22,24). The van der Waals surface area contributed by atoms with Gasteiger partial charge in [0, 0.05) is 30.3 Å². The van der Waals surface area contributed by atoms with Crippen LogP contribution in [0.1, 0.15) is 62.3 Å². The molecule has 0 amide bonds. The first-order valence-corrected chi connectivity index (χ1v) is 9.95. The average Bonchev–Trinajstić information content (AvgIpc) is 3.06. The van der Waals surface area contributed by atoms with E-state index in [1.165, 1.54) is 10.6 Å². The van der Waals surface area contributed by atoms with E-state index in [1.807, 2.05) is 18.2 Å². The largest absolute Gasteiger partial charge is 0.487 e. The summed E-state index contributed by atoms with van der Waals surface area (Å²) in [6.45, 7) is 9.24. The van der Waals surface area contributed by atoms with Gasteiger partial charge in [0.2, 0.25) is 0 Å². The molecule has 1 aromatic heterocycles. The Balaban J connectivity index is 1.68. The van der Waals surface area contributed by atoms with Crippen LogP contribution in [-0.4, -0.2) is 23.6 Å². The van der Waals surface area contributed by atoms with Gasteiger partial charge in [0.15, 0.2) is 5.96 Å². The quantitative estimate of drug-likeness (QED) is 0.623. The van der Waals surface area contributed by atoms with Gasteiger partial charge in [0.1, 0.15) is 11.4 Å². The van der Waals surface area contributed by atoms with Gasteiger partial charge in [-0.15, -0.1) is 11.3 Å². The number of thiazole rings is 1. The van der Waals surface area contributed by atoms with E-state index >= 15 is 0 Å². The summed E-state index contributed by atoms with van der Waals surface area (Å²) >= 11 is 1.72. The molecule has 1 atom stereocenters. The Morgan fingerprint density at radius 1 is 1.38 bits per heavy atom. The Morgan fingerprint density at radius 3 is 2.85 bits per heavy atom. The summed E-state index contributed by atoms with van der Waals surface area (Å²) in [6, 6.07) is 8.37. The molecular weight excluding hydrogens is 344 g/mol. The lowest BCUT2D eigenvalue weighted by Gasteiger charge is -2.38. The van der Waals surface area contributed by atoms with Crippen LogP contribution in [0, 0.1) is 0 Å². The van der Waals surface area contributed by atoms with Crippen molar-refractivity contribution in [3.05, 3.63) is 45.9 Å². The number of benzene rings is 1. The highest BCUT2D eigenvalue weighted by atomic mass is 32.1. The average molecular weight is 373 g/mol. The zero-order valence-corrected chi connectivity index (χ0v) is 17.0. The lowest BCUT2D eigenvalue weighted by Crippen LogP contribution is -2.45. The molecule has 1 aliphatic rings. The van der Waals surface area contributed by atoms with E-state index in [-0.39, 0.29) is 11.6 Å². The second kappa shape index (κ2) is 7.66. The van der Waals surface area contributed by atoms with Crippen molar-refractivity contribution in [2.75, 3.05) is 7.05 Å². The van der Waals surface area contributed by atoms with E-state index in [2.05, 4.69) is 59.8 Å². The van der Waals surface area contributed by atoms with Crippen molar-refractivity contribution in [1.29, 1.82) is 0 Å². The van der Waals surface area contributed by atoms with Crippen LogP contribution in [0.3, 0.4) is 0 Å². The molecule has 1 unspecified atom stereocenters. The maximum atomic E-state index is 6.11. The lowest BCUT2D eigenvalue weighted by molar-refractivity contribution is 0.0694. The van der Waals surface area contributed by atoms with Crippen molar-refractivity contribution in [2.45, 2.75) is 58.2 Å². The van der Waals surface area contributed by atoms with Gasteiger partial charge in [-0.1, -0.05) is 32.0 Å². The number of hydrogen-bond acceptors (Lipinski definition) is 4. The van der Waals surface area contributed by atoms with E-state index in [9.17, 15) is 0 Å². The summed E-state index contributed by atoms with van der Waals surface area (Å²) in [5.74, 6) is 2.19. The first-order chi connectivity index (χ1) is 12.4. The van der Waals surface area contributed by atoms with E-state index in [1.54, 1.807) is 18.4 Å². The number of nitrogens with one attached hydrogen (secondary N) is 2. The maximum absolute atomic E-state index is 6.11. The molecule has 0 bridgehead atoms. The highest BCUT2D eigenvalue weighted by molar-refractivity contribution is 7.09. The first-order valence-electron chi connectivity index (χ1n) is 9.07. The molecular formula is C20H28N4OS. The molecule has 140 valence electrons. The molecule has 2 heterocycles. The van der Waals surface area contributed by atoms with Gasteiger partial charge in [-0.3, -0.25) is 4.99 Å². The molecule has 2 aromatic rings. The van der Waals surface area contributed by atoms with Crippen molar-refractivity contribution in [3.8, 4) is 5.75 Å². The third-order valence-corrected chi connectivity index (χ3v) is 5.61. The maximum Gasteiger partial charge on any atom is 0.191 e. The number of nitrogens with zero attached hydrogens (tertiary/aromatic N) is 2. The van der Waals surface area contributed by atoms with Gasteiger partial charge in [0.05, 0.1) is 23.3 Å². The predicted octanol–water partition coefficient (Wildman–Crippen LogP) is 4.23. The van der Waals surface area contributed by atoms with Crippen LogP contribution in [0.25, 0.3) is 0 Å². The molecule has 0 saturated carbocycles. The fourth-order valence-corrected chi connectivity index (χ4v) is 3.97. The number of aliphatic imine (C=N–C) groups is 1. The SMILES string of the molecule is CN=C(NCc1csc(C(C)C)n1)NC1CC(C)(C)Oc2ccccc21. The van der Waals surface area contributed by atoms with Gasteiger partial charge in [-0.25, -0.2) is 4.98 Å². The van der Waals surface area contributed by atoms with Crippen molar-refractivity contribution >= 4 is 17.3 Å². The lowest BCUT2D eigenvalue weighted by atomic mass is 9.90. The van der Waals surface area contributed by atoms with E-state index in [0.717, 1.165) is 23.8 Å². The molecule has 6 heteroatoms. The third-order valence-electron chi connectivity index (χ3n) is 4.41. The van der Waals surface area contributed by atoms with Gasteiger partial charge in [-0.2, -0.15) is 0 Å². The minimum atomic E-state index is -0.216. The first kappa shape index (κ1) is 18.7. The summed E-state index contributed by atoms with van der Waals surface area (Å²) < 4.78 is 6.11. The predicted molar refractivity (Wildman–Crippen MR) is 108 cm³/mol. The molecule has 1 aromatic carbocycles. The fraction of sp³-hybridized carbons (Fsp3) is 0.500. The Bertz CT molecular complexity index is 782. The Morgan fingerprint density at radius 2 is 2.15 bits per heavy atom. The molecule has 2 N–H and O–H groups in total. The minimum absolute atomic E-state index is 0.155. The highest BCUT2D eigenvalue weighted by Gasteiger charge is 2.33. The summed E-state index contributed by atoms with van der Waals surface area (Å²) in [7, 11) is 1.80. The summed E-state index contributed by atoms with van der Waals surface area (Å²) in [5, 5.41) is 10.2. The van der Waals surface area contributed by atoms with Crippen LogP contribution in [-0.2, 0) is 6.54 Å². The molecule has 0 saturated heterocycles. The molecule has 0 aliphatic carbocycles. The zero-order chi connectivity index (χ0) is 18.7. The van der Waals surface area contributed by atoms with Crippen molar-refractivity contribution in [3.63, 3.8) is 0 Å². The second-order valence-corrected chi connectivity index (χ2v) is 8.45. The summed E-state index contributed by atoms with van der Waals surface area (Å²) in [4.78, 5) is 9.06. The van der Waals surface area contributed by atoms with Gasteiger partial charge in [-0.05, 0) is 19.9 Å². The second-order valence-electron chi connectivity index (χ2n) is 7.56. The van der Waals surface area contributed by atoms with E-state index in [4.69, 9.17) is 4.74 Å². The van der Waals surface area contributed by atoms with Crippen LogP contribution < -0.4 is 15.4 Å². The fourth-order valence-electron chi connectivity index (χ4n) is 3.13. The van der Waals surface area contributed by atoms with Crippen LogP contribution in [0.15, 0.2) is 34.6 Å². The summed E-state index contributed by atoms with van der Waals surface area (Å²) in [5.41, 5.74) is 2.01. The number of para-hydroxylation sites is 1. The number of aromatic nitrogens is 1. The smallest absolute Gasteiger partial charge is 0.191 e. The number of rotatable bonds is 4. The number of ether oxygens (including phenoxy) is 1. The van der Waals surface area contributed by atoms with Crippen molar-refractivity contribution in [2.24, 2.45) is 4.99 Å². The number of fused-ring (bicyclic) bond motifs is 1. The third kappa shape index (κ3) is 4.36. The number of hydrogen-bond donors (Lipinski definition) is 2. The monoisotopic (exact) mass is 372 g/mol. The molecule has 3 rings (SSSR count).